The molecule has 0 aromatic heterocycles. The number of carboxylic acid groups (broad SMARTS) is 1. The molecule has 74 valence electrons. The van der Waals surface area contributed by atoms with E-state index in [0.29, 0.717) is 0 Å². The first-order valence-electron chi connectivity index (χ1n) is 3.86. The van der Waals surface area contributed by atoms with Crippen LogP contribution in [0.2, 0.25) is 0 Å². The lowest BCUT2D eigenvalue weighted by Crippen LogP contribution is -2.30. The maximum absolute atomic E-state index is 12.9. The molecule has 5 heteroatoms. The summed E-state index contributed by atoms with van der Waals surface area (Å²) in [7, 11) is 0. The Morgan fingerprint density at radius 2 is 2.00 bits per heavy atom. The minimum absolute atomic E-state index is 0.127. The molecule has 0 aliphatic carbocycles. The number of carbonyl (C=O) groups is 2. The van der Waals surface area contributed by atoms with Crippen LogP contribution in [0.1, 0.15) is 5.56 Å². The van der Waals surface area contributed by atoms with E-state index in [2.05, 4.69) is 5.32 Å². The van der Waals surface area contributed by atoms with E-state index in [-0.39, 0.29) is 12.1 Å². The maximum atomic E-state index is 12.9. The molecule has 0 spiro atoms. The second kappa shape index (κ2) is 4.36. The second-order valence-corrected chi connectivity index (χ2v) is 2.58. The quantitative estimate of drug-likeness (QED) is 0.679. The normalized spacial score (nSPS) is 9.50. The lowest BCUT2D eigenvalue weighted by atomic mass is 10.2. The van der Waals surface area contributed by atoms with E-state index in [1.54, 1.807) is 6.07 Å². The number of aliphatic carboxylic acids is 1. The largest absolute Gasteiger partial charge is 0.474 e. The fourth-order valence-corrected chi connectivity index (χ4v) is 0.893. The van der Waals surface area contributed by atoms with Crippen molar-refractivity contribution in [2.75, 3.05) is 0 Å². The minimum atomic E-state index is -1.58. The van der Waals surface area contributed by atoms with Gasteiger partial charge in [-0.3, -0.25) is 4.79 Å². The zero-order valence-electron chi connectivity index (χ0n) is 7.16. The van der Waals surface area contributed by atoms with Gasteiger partial charge in [-0.1, -0.05) is 18.2 Å². The Bertz CT molecular complexity index is 365. The average molecular weight is 197 g/mol. The molecule has 0 atom stereocenters. The van der Waals surface area contributed by atoms with Crippen molar-refractivity contribution in [2.45, 2.75) is 6.54 Å². The molecule has 0 saturated heterocycles. The predicted octanol–water partition coefficient (Wildman–Crippen LogP) is 0.526. The van der Waals surface area contributed by atoms with Crippen molar-refractivity contribution in [3.05, 3.63) is 35.6 Å². The highest BCUT2D eigenvalue weighted by Gasteiger charge is 2.10. The van der Waals surface area contributed by atoms with Crippen LogP contribution in [0.15, 0.2) is 24.3 Å². The van der Waals surface area contributed by atoms with Crippen molar-refractivity contribution in [2.24, 2.45) is 0 Å². The van der Waals surface area contributed by atoms with Gasteiger partial charge in [0.05, 0.1) is 0 Å². The number of carbonyl (C=O) groups excluding carboxylic acids is 1. The highest BCUT2D eigenvalue weighted by Crippen LogP contribution is 2.04. The van der Waals surface area contributed by atoms with Crippen LogP contribution in [0.5, 0.6) is 0 Å². The number of nitrogens with one attached hydrogen (secondary N) is 1. The molecular weight excluding hydrogens is 189 g/mol. The third-order valence-electron chi connectivity index (χ3n) is 1.59. The first-order chi connectivity index (χ1) is 6.61. The van der Waals surface area contributed by atoms with E-state index < -0.39 is 17.7 Å². The summed E-state index contributed by atoms with van der Waals surface area (Å²) in [4.78, 5) is 20.7. The minimum Gasteiger partial charge on any atom is -0.474 e. The maximum Gasteiger partial charge on any atom is 0.394 e. The van der Waals surface area contributed by atoms with Crippen molar-refractivity contribution in [3.63, 3.8) is 0 Å². The first kappa shape index (κ1) is 10.2. The number of amides is 1. The van der Waals surface area contributed by atoms with Crippen LogP contribution >= 0.6 is 0 Å². The molecule has 14 heavy (non-hydrogen) atoms. The number of carboxylic acids is 1. The number of hydrogen-bond acceptors (Lipinski definition) is 2. The Morgan fingerprint density at radius 3 is 2.57 bits per heavy atom. The third kappa shape index (κ3) is 2.55. The summed E-state index contributed by atoms with van der Waals surface area (Å²) in [5.74, 6) is -3.20. The molecule has 0 fully saturated rings. The van der Waals surface area contributed by atoms with E-state index in [4.69, 9.17) is 5.11 Å². The highest BCUT2D eigenvalue weighted by atomic mass is 19.1. The van der Waals surface area contributed by atoms with E-state index in [1.807, 2.05) is 0 Å². The van der Waals surface area contributed by atoms with Gasteiger partial charge in [-0.15, -0.1) is 0 Å². The van der Waals surface area contributed by atoms with E-state index in [1.165, 1.54) is 18.2 Å². The summed E-state index contributed by atoms with van der Waals surface area (Å²) >= 11 is 0. The molecule has 1 aromatic carbocycles. The molecule has 2 N–H and O–H groups in total. The number of benzene rings is 1. The summed E-state index contributed by atoms with van der Waals surface area (Å²) in [5, 5.41) is 10.3. The summed E-state index contributed by atoms with van der Waals surface area (Å²) in [6, 6.07) is 5.82. The van der Waals surface area contributed by atoms with Crippen molar-refractivity contribution >= 4 is 11.9 Å². The molecule has 0 aliphatic heterocycles. The van der Waals surface area contributed by atoms with Gasteiger partial charge in [0, 0.05) is 12.1 Å². The highest BCUT2D eigenvalue weighted by molar-refractivity contribution is 6.31. The standard InChI is InChI=1S/C9H8FNO3/c10-7-4-2-1-3-6(7)5-11-8(12)9(13)14/h1-4H,5H2,(H,11,12)(H,13,14). The Hall–Kier alpha value is -1.91. The lowest BCUT2D eigenvalue weighted by molar-refractivity contribution is -0.150. The molecule has 1 aromatic rings. The van der Waals surface area contributed by atoms with Crippen LogP contribution in [0, 0.1) is 5.82 Å². The van der Waals surface area contributed by atoms with E-state index in [0.717, 1.165) is 0 Å². The Labute approximate surface area is 79.4 Å². The molecule has 0 aliphatic rings. The molecule has 0 bridgehead atoms. The van der Waals surface area contributed by atoms with Gasteiger partial charge in [-0.2, -0.15) is 0 Å². The zero-order valence-corrected chi connectivity index (χ0v) is 7.16. The summed E-state index contributed by atoms with van der Waals surface area (Å²) < 4.78 is 12.9. The van der Waals surface area contributed by atoms with Crippen LogP contribution in [0.25, 0.3) is 0 Å². The van der Waals surface area contributed by atoms with Crippen LogP contribution in [0.4, 0.5) is 4.39 Å². The summed E-state index contributed by atoms with van der Waals surface area (Å²) in [5.41, 5.74) is 0.252. The van der Waals surface area contributed by atoms with Crippen molar-refractivity contribution < 1.29 is 19.1 Å². The first-order valence-corrected chi connectivity index (χ1v) is 3.86. The molecule has 0 radical (unpaired) electrons. The van der Waals surface area contributed by atoms with Crippen molar-refractivity contribution in [1.29, 1.82) is 0 Å². The summed E-state index contributed by atoms with van der Waals surface area (Å²) in [6.45, 7) is -0.127. The molecular formula is C9H8FNO3. The average Bonchev–Trinajstić information content (AvgIpc) is 2.16. The van der Waals surface area contributed by atoms with Gasteiger partial charge < -0.3 is 10.4 Å². The summed E-state index contributed by atoms with van der Waals surface area (Å²) in [6.07, 6.45) is 0. The topological polar surface area (TPSA) is 66.4 Å². The van der Waals surface area contributed by atoms with Crippen LogP contribution in [-0.4, -0.2) is 17.0 Å². The SMILES string of the molecule is O=C(O)C(=O)NCc1ccccc1F. The fourth-order valence-electron chi connectivity index (χ4n) is 0.893. The third-order valence-corrected chi connectivity index (χ3v) is 1.59. The molecule has 0 unspecified atom stereocenters. The van der Waals surface area contributed by atoms with Crippen molar-refractivity contribution in [3.8, 4) is 0 Å². The van der Waals surface area contributed by atoms with Crippen LogP contribution < -0.4 is 5.32 Å². The second-order valence-electron chi connectivity index (χ2n) is 2.58. The Kier molecular flexibility index (Phi) is 3.17. The zero-order chi connectivity index (χ0) is 10.6. The van der Waals surface area contributed by atoms with Gasteiger partial charge in [0.25, 0.3) is 0 Å². The molecule has 0 heterocycles. The van der Waals surface area contributed by atoms with E-state index in [9.17, 15) is 14.0 Å². The number of rotatable bonds is 2. The molecule has 4 nitrogen and oxygen atoms in total. The monoisotopic (exact) mass is 197 g/mol. The smallest absolute Gasteiger partial charge is 0.394 e. The van der Waals surface area contributed by atoms with E-state index >= 15 is 0 Å². The lowest BCUT2D eigenvalue weighted by Gasteiger charge is -2.02. The van der Waals surface area contributed by atoms with Gasteiger partial charge >= 0.3 is 11.9 Å². The molecule has 0 saturated carbocycles. The van der Waals surface area contributed by atoms with Gasteiger partial charge in [-0.05, 0) is 6.07 Å². The molecule has 1 amide bonds. The number of hydrogen-bond donors (Lipinski definition) is 2. The van der Waals surface area contributed by atoms with Gasteiger partial charge in [0.1, 0.15) is 5.82 Å². The Balaban J connectivity index is 2.58. The molecule has 1 rings (SSSR count). The predicted molar refractivity (Wildman–Crippen MR) is 45.9 cm³/mol. The van der Waals surface area contributed by atoms with Gasteiger partial charge in [-0.25, -0.2) is 9.18 Å². The van der Waals surface area contributed by atoms with Crippen molar-refractivity contribution in [1.82, 2.24) is 5.32 Å². The van der Waals surface area contributed by atoms with Crippen LogP contribution in [-0.2, 0) is 16.1 Å². The Morgan fingerprint density at radius 1 is 1.36 bits per heavy atom. The van der Waals surface area contributed by atoms with Gasteiger partial charge in [0.15, 0.2) is 0 Å². The fraction of sp³-hybridized carbons (Fsp3) is 0.111. The number of halogens is 1. The van der Waals surface area contributed by atoms with Crippen LogP contribution in [0.3, 0.4) is 0 Å². The van der Waals surface area contributed by atoms with Gasteiger partial charge in [0.2, 0.25) is 0 Å².